The number of benzene rings is 1. The Hall–Kier alpha value is -1.93. The van der Waals surface area contributed by atoms with E-state index in [1.807, 2.05) is 12.1 Å². The molecule has 0 unspecified atom stereocenters. The molecule has 0 spiro atoms. The second kappa shape index (κ2) is 4.39. The van der Waals surface area contributed by atoms with Gasteiger partial charge in [-0.25, -0.2) is 0 Å². The lowest BCUT2D eigenvalue weighted by molar-refractivity contribution is 1.19. The third-order valence-corrected chi connectivity index (χ3v) is 3.53. The van der Waals surface area contributed by atoms with Crippen LogP contribution in [0.1, 0.15) is 11.3 Å². The van der Waals surface area contributed by atoms with Gasteiger partial charge >= 0.3 is 0 Å². The first-order chi connectivity index (χ1) is 8.83. The van der Waals surface area contributed by atoms with Gasteiger partial charge in [0, 0.05) is 22.6 Å². The Morgan fingerprint density at radius 3 is 2.44 bits per heavy atom. The zero-order valence-electron chi connectivity index (χ0n) is 10.1. The van der Waals surface area contributed by atoms with Crippen molar-refractivity contribution < 1.29 is 0 Å². The molecule has 3 rings (SSSR count). The SMILES string of the molecule is Cc1c(-c2ccccc2)c(C=S)n2ccccc12. The summed E-state index contributed by atoms with van der Waals surface area (Å²) in [7, 11) is 0. The summed E-state index contributed by atoms with van der Waals surface area (Å²) in [4.78, 5) is 0. The van der Waals surface area contributed by atoms with Gasteiger partial charge in [-0.1, -0.05) is 48.6 Å². The molecule has 0 fully saturated rings. The van der Waals surface area contributed by atoms with Crippen LogP contribution in [0.2, 0.25) is 0 Å². The van der Waals surface area contributed by atoms with Gasteiger partial charge in [0.1, 0.15) is 0 Å². The van der Waals surface area contributed by atoms with E-state index in [0.717, 1.165) is 5.69 Å². The summed E-state index contributed by atoms with van der Waals surface area (Å²) in [6, 6.07) is 16.6. The van der Waals surface area contributed by atoms with E-state index in [1.54, 1.807) is 5.37 Å². The summed E-state index contributed by atoms with van der Waals surface area (Å²) >= 11 is 5.20. The van der Waals surface area contributed by atoms with Gasteiger partial charge in [-0.15, -0.1) is 0 Å². The lowest BCUT2D eigenvalue weighted by Gasteiger charge is -2.02. The molecule has 2 heterocycles. The fourth-order valence-electron chi connectivity index (χ4n) is 2.48. The van der Waals surface area contributed by atoms with Crippen LogP contribution in [0.15, 0.2) is 54.7 Å². The molecule has 0 bridgehead atoms. The van der Waals surface area contributed by atoms with Gasteiger partial charge in [0.2, 0.25) is 0 Å². The van der Waals surface area contributed by atoms with E-state index >= 15 is 0 Å². The highest BCUT2D eigenvalue weighted by atomic mass is 32.1. The molecule has 2 heteroatoms. The first-order valence-corrected chi connectivity index (χ1v) is 6.40. The van der Waals surface area contributed by atoms with Crippen LogP contribution < -0.4 is 0 Å². The maximum atomic E-state index is 5.20. The fraction of sp³-hybridized carbons (Fsp3) is 0.0625. The molecule has 2 aromatic heterocycles. The molecule has 0 saturated heterocycles. The van der Waals surface area contributed by atoms with Crippen molar-refractivity contribution in [2.24, 2.45) is 0 Å². The standard InChI is InChI=1S/C16H13NS/c1-12-14-9-5-6-10-17(14)15(11-18)16(12)13-7-3-2-4-8-13/h2-11H,1H3. The molecule has 0 amide bonds. The van der Waals surface area contributed by atoms with Crippen LogP contribution in [-0.2, 0) is 0 Å². The average Bonchev–Trinajstić information content (AvgIpc) is 2.73. The van der Waals surface area contributed by atoms with Crippen molar-refractivity contribution >= 4 is 23.1 Å². The summed E-state index contributed by atoms with van der Waals surface area (Å²) < 4.78 is 2.16. The van der Waals surface area contributed by atoms with Crippen molar-refractivity contribution in [1.29, 1.82) is 0 Å². The number of pyridine rings is 1. The molecule has 1 aromatic carbocycles. The van der Waals surface area contributed by atoms with E-state index in [0.29, 0.717) is 0 Å². The average molecular weight is 251 g/mol. The second-order valence-corrected chi connectivity index (χ2v) is 4.56. The van der Waals surface area contributed by atoms with E-state index < -0.39 is 0 Å². The zero-order valence-corrected chi connectivity index (χ0v) is 10.9. The van der Waals surface area contributed by atoms with Crippen LogP contribution in [-0.4, -0.2) is 9.77 Å². The smallest absolute Gasteiger partial charge is 0.0644 e. The molecule has 0 radical (unpaired) electrons. The number of fused-ring (bicyclic) bond motifs is 1. The number of hydrogen-bond acceptors (Lipinski definition) is 1. The Labute approximate surface area is 112 Å². The highest BCUT2D eigenvalue weighted by molar-refractivity contribution is 7.79. The van der Waals surface area contributed by atoms with E-state index in [-0.39, 0.29) is 0 Å². The van der Waals surface area contributed by atoms with Crippen molar-refractivity contribution in [3.05, 3.63) is 66.0 Å². The first-order valence-electron chi connectivity index (χ1n) is 5.93. The molecule has 1 nitrogen and oxygen atoms in total. The number of aryl methyl sites for hydroxylation is 1. The van der Waals surface area contributed by atoms with Crippen LogP contribution in [0.25, 0.3) is 16.6 Å². The minimum Gasteiger partial charge on any atom is -0.315 e. The van der Waals surface area contributed by atoms with Crippen molar-refractivity contribution in [2.45, 2.75) is 6.92 Å². The summed E-state index contributed by atoms with van der Waals surface area (Å²) in [5.74, 6) is 0. The predicted molar refractivity (Wildman–Crippen MR) is 80.3 cm³/mol. The number of nitrogens with zero attached hydrogens (tertiary/aromatic N) is 1. The second-order valence-electron chi connectivity index (χ2n) is 4.32. The van der Waals surface area contributed by atoms with Gasteiger partial charge in [0.25, 0.3) is 0 Å². The van der Waals surface area contributed by atoms with Gasteiger partial charge in [-0.05, 0) is 30.2 Å². The monoisotopic (exact) mass is 251 g/mol. The molecule has 0 atom stereocenters. The maximum Gasteiger partial charge on any atom is 0.0644 e. The summed E-state index contributed by atoms with van der Waals surface area (Å²) in [5.41, 5.74) is 6.03. The van der Waals surface area contributed by atoms with Crippen LogP contribution in [0.5, 0.6) is 0 Å². The van der Waals surface area contributed by atoms with Crippen LogP contribution in [0.3, 0.4) is 0 Å². The zero-order chi connectivity index (χ0) is 12.5. The van der Waals surface area contributed by atoms with Gasteiger partial charge in [-0.3, -0.25) is 0 Å². The van der Waals surface area contributed by atoms with Gasteiger partial charge in [0.15, 0.2) is 0 Å². The van der Waals surface area contributed by atoms with E-state index in [9.17, 15) is 0 Å². The Morgan fingerprint density at radius 1 is 1.00 bits per heavy atom. The van der Waals surface area contributed by atoms with Crippen LogP contribution >= 0.6 is 12.2 Å². The molecule has 0 saturated carbocycles. The minimum absolute atomic E-state index is 1.09. The number of rotatable bonds is 2. The quantitative estimate of drug-likeness (QED) is 0.616. The highest BCUT2D eigenvalue weighted by Gasteiger charge is 2.14. The third kappa shape index (κ3) is 1.57. The molecule has 18 heavy (non-hydrogen) atoms. The molecular formula is C16H13NS. The Balaban J connectivity index is 2.42. The van der Waals surface area contributed by atoms with Crippen molar-refractivity contribution in [3.63, 3.8) is 0 Å². The summed E-state index contributed by atoms with van der Waals surface area (Å²) in [6.45, 7) is 2.15. The lowest BCUT2D eigenvalue weighted by atomic mass is 10.0. The molecule has 0 N–H and O–H groups in total. The largest absolute Gasteiger partial charge is 0.315 e. The molecule has 88 valence electrons. The van der Waals surface area contributed by atoms with Gasteiger partial charge < -0.3 is 4.40 Å². The molecule has 0 aliphatic heterocycles. The minimum atomic E-state index is 1.09. The van der Waals surface area contributed by atoms with Crippen LogP contribution in [0.4, 0.5) is 0 Å². The van der Waals surface area contributed by atoms with Crippen molar-refractivity contribution in [2.75, 3.05) is 0 Å². The Bertz CT molecular complexity index is 711. The van der Waals surface area contributed by atoms with E-state index in [1.165, 1.54) is 22.2 Å². The maximum absolute atomic E-state index is 5.20. The number of thiocarbonyl (C=S) groups is 1. The number of hydrogen-bond donors (Lipinski definition) is 0. The lowest BCUT2D eigenvalue weighted by Crippen LogP contribution is -1.90. The van der Waals surface area contributed by atoms with E-state index in [2.05, 4.69) is 53.9 Å². The molecular weight excluding hydrogens is 238 g/mol. The van der Waals surface area contributed by atoms with Gasteiger partial charge in [0.05, 0.1) is 5.69 Å². The molecule has 3 aromatic rings. The normalized spacial score (nSPS) is 10.7. The Kier molecular flexibility index (Phi) is 2.73. The summed E-state index contributed by atoms with van der Waals surface area (Å²) in [5, 5.41) is 1.77. The van der Waals surface area contributed by atoms with Crippen molar-refractivity contribution in [1.82, 2.24) is 4.40 Å². The highest BCUT2D eigenvalue weighted by Crippen LogP contribution is 2.31. The third-order valence-electron chi connectivity index (χ3n) is 3.31. The summed E-state index contributed by atoms with van der Waals surface area (Å²) in [6.07, 6.45) is 2.06. The van der Waals surface area contributed by atoms with E-state index in [4.69, 9.17) is 12.2 Å². The topological polar surface area (TPSA) is 4.41 Å². The first kappa shape index (κ1) is 11.2. The van der Waals surface area contributed by atoms with Gasteiger partial charge in [-0.2, -0.15) is 0 Å². The van der Waals surface area contributed by atoms with Crippen LogP contribution in [0, 0.1) is 6.92 Å². The molecule has 0 aliphatic carbocycles. The Morgan fingerprint density at radius 2 is 1.72 bits per heavy atom. The van der Waals surface area contributed by atoms with Crippen molar-refractivity contribution in [3.8, 4) is 11.1 Å². The molecule has 0 aliphatic rings. The fourth-order valence-corrected chi connectivity index (χ4v) is 2.72. The number of aromatic nitrogens is 1. The predicted octanol–water partition coefficient (Wildman–Crippen LogP) is 4.26.